The van der Waals surface area contributed by atoms with E-state index in [9.17, 15) is 13.5 Å². The van der Waals surface area contributed by atoms with Gasteiger partial charge in [0.05, 0.1) is 12.8 Å². The SMILES string of the molecule is O=S(=O)(c1cnn2ncccc12)N1C[C@H]2CCO[C@@]2(CO)C1. The van der Waals surface area contributed by atoms with Crippen molar-refractivity contribution in [2.75, 3.05) is 26.3 Å². The number of fused-ring (bicyclic) bond motifs is 2. The summed E-state index contributed by atoms with van der Waals surface area (Å²) >= 11 is 0. The molecule has 0 aromatic carbocycles. The average Bonchev–Trinajstić information content (AvgIpc) is 3.19. The van der Waals surface area contributed by atoms with Crippen molar-refractivity contribution in [3.8, 4) is 0 Å². The van der Waals surface area contributed by atoms with Crippen LogP contribution in [0, 0.1) is 5.92 Å². The summed E-state index contributed by atoms with van der Waals surface area (Å²) in [6.45, 7) is 0.939. The van der Waals surface area contributed by atoms with Crippen molar-refractivity contribution in [2.45, 2.75) is 16.9 Å². The third-order valence-electron chi connectivity index (χ3n) is 4.62. The fraction of sp³-hybridized carbons (Fsp3) is 0.538. The molecule has 0 spiro atoms. The zero-order chi connectivity index (χ0) is 15.4. The van der Waals surface area contributed by atoms with Crippen LogP contribution in [0.3, 0.4) is 0 Å². The van der Waals surface area contributed by atoms with Gasteiger partial charge < -0.3 is 9.84 Å². The van der Waals surface area contributed by atoms with E-state index in [0.29, 0.717) is 18.7 Å². The molecule has 4 rings (SSSR count). The highest BCUT2D eigenvalue weighted by molar-refractivity contribution is 7.89. The number of hydrogen-bond acceptors (Lipinski definition) is 6. The van der Waals surface area contributed by atoms with Gasteiger partial charge in [-0.15, -0.1) is 0 Å². The molecule has 2 aliphatic heterocycles. The fourth-order valence-electron chi connectivity index (χ4n) is 3.38. The van der Waals surface area contributed by atoms with E-state index in [-0.39, 0.29) is 24.0 Å². The van der Waals surface area contributed by atoms with Crippen LogP contribution in [-0.2, 0) is 14.8 Å². The molecule has 8 nitrogen and oxygen atoms in total. The first-order valence-electron chi connectivity index (χ1n) is 7.11. The minimum atomic E-state index is -3.69. The third kappa shape index (κ3) is 1.83. The number of rotatable bonds is 3. The highest BCUT2D eigenvalue weighted by atomic mass is 32.2. The number of aliphatic hydroxyl groups excluding tert-OH is 1. The van der Waals surface area contributed by atoms with E-state index >= 15 is 0 Å². The molecular weight excluding hydrogens is 308 g/mol. The highest BCUT2D eigenvalue weighted by Gasteiger charge is 2.53. The van der Waals surface area contributed by atoms with Gasteiger partial charge in [-0.2, -0.15) is 19.1 Å². The monoisotopic (exact) mass is 324 g/mol. The van der Waals surface area contributed by atoms with E-state index in [1.165, 1.54) is 15.1 Å². The quantitative estimate of drug-likeness (QED) is 0.818. The summed E-state index contributed by atoms with van der Waals surface area (Å²) in [5.74, 6) is 0.0345. The molecule has 118 valence electrons. The summed E-state index contributed by atoms with van der Waals surface area (Å²) in [5.41, 5.74) is -0.313. The van der Waals surface area contributed by atoms with Gasteiger partial charge >= 0.3 is 0 Å². The number of sulfonamides is 1. The normalized spacial score (nSPS) is 29.2. The van der Waals surface area contributed by atoms with E-state index in [2.05, 4.69) is 10.2 Å². The number of nitrogens with zero attached hydrogens (tertiary/aromatic N) is 4. The Labute approximate surface area is 127 Å². The van der Waals surface area contributed by atoms with Crippen LogP contribution in [0.5, 0.6) is 0 Å². The van der Waals surface area contributed by atoms with Crippen LogP contribution >= 0.6 is 0 Å². The first kappa shape index (κ1) is 14.1. The van der Waals surface area contributed by atoms with Gasteiger partial charge in [0.2, 0.25) is 10.0 Å². The predicted octanol–water partition coefficient (Wildman–Crippen LogP) is -0.499. The Morgan fingerprint density at radius 3 is 3.09 bits per heavy atom. The van der Waals surface area contributed by atoms with Crippen molar-refractivity contribution in [2.24, 2.45) is 5.92 Å². The Bertz CT molecular complexity index is 820. The Morgan fingerprint density at radius 1 is 1.45 bits per heavy atom. The first-order valence-corrected chi connectivity index (χ1v) is 8.55. The van der Waals surface area contributed by atoms with Gasteiger partial charge in [0, 0.05) is 31.8 Å². The van der Waals surface area contributed by atoms with Crippen LogP contribution in [0.4, 0.5) is 0 Å². The standard InChI is InChI=1S/C13H16N4O4S/c18-9-13-8-16(7-10(13)3-5-21-13)22(19,20)12-6-15-17-11(12)2-1-4-14-17/h1-2,4,6,10,18H,3,5,7-9H2/t10-,13-/m1/s1. The molecular formula is C13H16N4O4S. The van der Waals surface area contributed by atoms with Crippen LogP contribution in [0.2, 0.25) is 0 Å². The lowest BCUT2D eigenvalue weighted by Gasteiger charge is -2.25. The van der Waals surface area contributed by atoms with Crippen molar-refractivity contribution in [1.82, 2.24) is 19.1 Å². The summed E-state index contributed by atoms with van der Waals surface area (Å²) in [4.78, 5) is 0.133. The molecule has 1 N–H and O–H groups in total. The molecule has 4 heterocycles. The van der Waals surface area contributed by atoms with Gasteiger partial charge in [0.1, 0.15) is 16.0 Å². The second-order valence-corrected chi connectivity index (χ2v) is 7.67. The molecule has 2 fully saturated rings. The molecule has 9 heteroatoms. The molecule has 0 saturated carbocycles. The fourth-order valence-corrected chi connectivity index (χ4v) is 5.02. The molecule has 0 aliphatic carbocycles. The number of ether oxygens (including phenoxy) is 1. The van der Waals surface area contributed by atoms with Gasteiger partial charge in [-0.25, -0.2) is 8.42 Å². The lowest BCUT2D eigenvalue weighted by Crippen LogP contribution is -2.41. The Morgan fingerprint density at radius 2 is 2.32 bits per heavy atom. The molecule has 0 amide bonds. The van der Waals surface area contributed by atoms with Crippen molar-refractivity contribution < 1.29 is 18.3 Å². The highest BCUT2D eigenvalue weighted by Crippen LogP contribution is 2.41. The van der Waals surface area contributed by atoms with E-state index in [0.717, 1.165) is 6.42 Å². The minimum Gasteiger partial charge on any atom is -0.393 e. The number of aromatic nitrogens is 3. The lowest BCUT2D eigenvalue weighted by atomic mass is 9.92. The third-order valence-corrected chi connectivity index (χ3v) is 6.45. The van der Waals surface area contributed by atoms with Crippen LogP contribution in [0.25, 0.3) is 5.52 Å². The molecule has 2 atom stereocenters. The van der Waals surface area contributed by atoms with Gasteiger partial charge in [0.15, 0.2) is 0 Å². The molecule has 2 saturated heterocycles. The van der Waals surface area contributed by atoms with E-state index in [1.807, 2.05) is 0 Å². The van der Waals surface area contributed by atoms with Crippen LogP contribution < -0.4 is 0 Å². The Hall–Kier alpha value is -1.55. The number of aliphatic hydroxyl groups is 1. The molecule has 2 aromatic rings. The van der Waals surface area contributed by atoms with Gasteiger partial charge in [-0.3, -0.25) is 0 Å². The molecule has 2 aromatic heterocycles. The molecule has 22 heavy (non-hydrogen) atoms. The summed E-state index contributed by atoms with van der Waals surface area (Å²) in [5, 5.41) is 17.6. The van der Waals surface area contributed by atoms with Gasteiger partial charge in [-0.05, 0) is 18.6 Å². The van der Waals surface area contributed by atoms with Crippen molar-refractivity contribution in [1.29, 1.82) is 0 Å². The minimum absolute atomic E-state index is 0.0345. The first-order chi connectivity index (χ1) is 10.6. The second kappa shape index (κ2) is 4.72. The van der Waals surface area contributed by atoms with E-state index < -0.39 is 15.6 Å². The zero-order valence-electron chi connectivity index (χ0n) is 11.8. The smallest absolute Gasteiger partial charge is 0.247 e. The summed E-state index contributed by atoms with van der Waals surface area (Å²) < 4.78 is 34.1. The largest absolute Gasteiger partial charge is 0.393 e. The van der Waals surface area contributed by atoms with E-state index in [1.54, 1.807) is 18.3 Å². The topological polar surface area (TPSA) is 97.0 Å². The van der Waals surface area contributed by atoms with Gasteiger partial charge in [0.25, 0.3) is 0 Å². The Balaban J connectivity index is 1.73. The van der Waals surface area contributed by atoms with Crippen LogP contribution in [-0.4, -0.2) is 64.6 Å². The van der Waals surface area contributed by atoms with Crippen LogP contribution in [0.15, 0.2) is 29.4 Å². The maximum atomic E-state index is 12.9. The van der Waals surface area contributed by atoms with E-state index in [4.69, 9.17) is 4.74 Å². The average molecular weight is 324 g/mol. The summed E-state index contributed by atoms with van der Waals surface area (Å²) in [7, 11) is -3.69. The molecule has 2 aliphatic rings. The van der Waals surface area contributed by atoms with Crippen molar-refractivity contribution in [3.05, 3.63) is 24.5 Å². The zero-order valence-corrected chi connectivity index (χ0v) is 12.6. The predicted molar refractivity (Wildman–Crippen MR) is 75.6 cm³/mol. The Kier molecular flexibility index (Phi) is 3.02. The lowest BCUT2D eigenvalue weighted by molar-refractivity contribution is -0.0424. The van der Waals surface area contributed by atoms with Gasteiger partial charge in [-0.1, -0.05) is 0 Å². The summed E-state index contributed by atoms with van der Waals surface area (Å²) in [6, 6.07) is 3.34. The molecule has 0 unspecified atom stereocenters. The van der Waals surface area contributed by atoms with Crippen LogP contribution in [0.1, 0.15) is 6.42 Å². The molecule has 0 bridgehead atoms. The summed E-state index contributed by atoms with van der Waals surface area (Å²) in [6.07, 6.45) is 3.63. The van der Waals surface area contributed by atoms with Crippen molar-refractivity contribution >= 4 is 15.5 Å². The molecule has 0 radical (unpaired) electrons. The maximum Gasteiger partial charge on any atom is 0.247 e. The number of hydrogen-bond donors (Lipinski definition) is 1. The second-order valence-electron chi connectivity index (χ2n) is 5.76. The van der Waals surface area contributed by atoms with Crippen molar-refractivity contribution in [3.63, 3.8) is 0 Å². The maximum absolute atomic E-state index is 12.9.